The first-order valence-corrected chi connectivity index (χ1v) is 5.25. The molecule has 1 heterocycles. The second kappa shape index (κ2) is 4.47. The van der Waals surface area contributed by atoms with Crippen LogP contribution in [0.2, 0.25) is 0 Å². The highest BCUT2D eigenvalue weighted by Gasteiger charge is 2.39. The van der Waals surface area contributed by atoms with Gasteiger partial charge in [-0.1, -0.05) is 0 Å². The van der Waals surface area contributed by atoms with Gasteiger partial charge >= 0.3 is 0 Å². The molecule has 1 rings (SSSR count). The molecule has 15 heavy (non-hydrogen) atoms. The molecule has 5 heteroatoms. The fourth-order valence-corrected chi connectivity index (χ4v) is 1.63. The van der Waals surface area contributed by atoms with E-state index in [2.05, 4.69) is 10.6 Å². The minimum Gasteiger partial charge on any atom is -0.394 e. The van der Waals surface area contributed by atoms with Crippen molar-refractivity contribution >= 4 is 5.91 Å². The van der Waals surface area contributed by atoms with E-state index in [1.807, 2.05) is 6.92 Å². The van der Waals surface area contributed by atoms with Crippen LogP contribution in [0.4, 0.5) is 0 Å². The maximum atomic E-state index is 11.9. The Balaban J connectivity index is 2.61. The van der Waals surface area contributed by atoms with E-state index in [1.54, 1.807) is 6.92 Å². The molecule has 1 atom stereocenters. The summed E-state index contributed by atoms with van der Waals surface area (Å²) in [5, 5.41) is 23.9. The van der Waals surface area contributed by atoms with Crippen molar-refractivity contribution in [1.29, 1.82) is 0 Å². The van der Waals surface area contributed by atoms with Gasteiger partial charge in [0.1, 0.15) is 0 Å². The van der Waals surface area contributed by atoms with Gasteiger partial charge in [0.2, 0.25) is 5.91 Å². The van der Waals surface area contributed by atoms with Gasteiger partial charge in [0, 0.05) is 0 Å². The zero-order valence-corrected chi connectivity index (χ0v) is 9.34. The molecule has 0 spiro atoms. The SMILES string of the molecule is CC(CO)(CO)NC(=O)C1(C)CCCN1. The molecule has 4 N–H and O–H groups in total. The summed E-state index contributed by atoms with van der Waals surface area (Å²) >= 11 is 0. The van der Waals surface area contributed by atoms with Gasteiger partial charge in [-0.25, -0.2) is 0 Å². The van der Waals surface area contributed by atoms with E-state index >= 15 is 0 Å². The quantitative estimate of drug-likeness (QED) is 0.485. The van der Waals surface area contributed by atoms with Crippen molar-refractivity contribution in [3.05, 3.63) is 0 Å². The largest absolute Gasteiger partial charge is 0.394 e. The number of carbonyl (C=O) groups is 1. The van der Waals surface area contributed by atoms with E-state index in [4.69, 9.17) is 10.2 Å². The fraction of sp³-hybridized carbons (Fsp3) is 0.900. The summed E-state index contributed by atoms with van der Waals surface area (Å²) < 4.78 is 0. The molecule has 0 aromatic heterocycles. The summed E-state index contributed by atoms with van der Waals surface area (Å²) in [5.41, 5.74) is -1.50. The summed E-state index contributed by atoms with van der Waals surface area (Å²) in [4.78, 5) is 11.9. The van der Waals surface area contributed by atoms with Crippen molar-refractivity contribution in [3.63, 3.8) is 0 Å². The first kappa shape index (κ1) is 12.4. The topological polar surface area (TPSA) is 81.6 Å². The molecule has 1 amide bonds. The van der Waals surface area contributed by atoms with Crippen LogP contribution in [0, 0.1) is 0 Å². The Morgan fingerprint density at radius 2 is 2.13 bits per heavy atom. The third-order valence-corrected chi connectivity index (χ3v) is 2.98. The number of nitrogens with one attached hydrogen (secondary N) is 2. The maximum absolute atomic E-state index is 11.9. The average molecular weight is 216 g/mol. The molecule has 1 saturated heterocycles. The van der Waals surface area contributed by atoms with Gasteiger partial charge in [-0.2, -0.15) is 0 Å². The molecule has 1 aliphatic heterocycles. The number of hydrogen-bond donors (Lipinski definition) is 4. The van der Waals surface area contributed by atoms with E-state index in [0.29, 0.717) is 0 Å². The zero-order chi connectivity index (χ0) is 11.5. The molecule has 1 aliphatic rings. The van der Waals surface area contributed by atoms with Crippen molar-refractivity contribution in [2.45, 2.75) is 37.8 Å². The lowest BCUT2D eigenvalue weighted by atomic mass is 9.96. The van der Waals surface area contributed by atoms with Crippen molar-refractivity contribution in [1.82, 2.24) is 10.6 Å². The number of amides is 1. The predicted molar refractivity (Wildman–Crippen MR) is 56.4 cm³/mol. The summed E-state index contributed by atoms with van der Waals surface area (Å²) in [6, 6.07) is 0. The molecular formula is C10H20N2O3. The standard InChI is InChI=1S/C10H20N2O3/c1-9(6-13,7-14)12-8(15)10(2)4-3-5-11-10/h11,13-14H,3-7H2,1-2H3,(H,12,15). The Hall–Kier alpha value is -0.650. The first-order valence-electron chi connectivity index (χ1n) is 5.25. The zero-order valence-electron chi connectivity index (χ0n) is 9.34. The highest BCUT2D eigenvalue weighted by molar-refractivity contribution is 5.86. The van der Waals surface area contributed by atoms with Crippen molar-refractivity contribution < 1.29 is 15.0 Å². The number of aliphatic hydroxyl groups excluding tert-OH is 2. The van der Waals surface area contributed by atoms with Gasteiger partial charge in [-0.05, 0) is 33.2 Å². The third kappa shape index (κ3) is 2.68. The molecule has 0 aromatic carbocycles. The van der Waals surface area contributed by atoms with E-state index < -0.39 is 11.1 Å². The minimum absolute atomic E-state index is 0.161. The van der Waals surface area contributed by atoms with E-state index in [1.165, 1.54) is 0 Å². The number of rotatable bonds is 4. The first-order chi connectivity index (χ1) is 6.96. The van der Waals surface area contributed by atoms with Crippen LogP contribution < -0.4 is 10.6 Å². The predicted octanol–water partition coefficient (Wildman–Crippen LogP) is -1.01. The number of hydrogen-bond acceptors (Lipinski definition) is 4. The summed E-state index contributed by atoms with van der Waals surface area (Å²) in [6.07, 6.45) is 1.75. The van der Waals surface area contributed by atoms with Crippen molar-refractivity contribution in [2.75, 3.05) is 19.8 Å². The summed E-state index contributed by atoms with van der Waals surface area (Å²) in [5.74, 6) is -0.161. The molecule has 0 bridgehead atoms. The van der Waals surface area contributed by atoms with E-state index in [0.717, 1.165) is 19.4 Å². The molecule has 0 saturated carbocycles. The van der Waals surface area contributed by atoms with Crippen LogP contribution in [0.25, 0.3) is 0 Å². The highest BCUT2D eigenvalue weighted by atomic mass is 16.3. The Morgan fingerprint density at radius 1 is 1.53 bits per heavy atom. The molecule has 5 nitrogen and oxygen atoms in total. The smallest absolute Gasteiger partial charge is 0.240 e. The summed E-state index contributed by atoms with van der Waals surface area (Å²) in [7, 11) is 0. The average Bonchev–Trinajstić information content (AvgIpc) is 2.66. The lowest BCUT2D eigenvalue weighted by Crippen LogP contribution is -2.60. The minimum atomic E-state index is -0.940. The van der Waals surface area contributed by atoms with Crippen LogP contribution >= 0.6 is 0 Å². The van der Waals surface area contributed by atoms with Crippen LogP contribution in [0.3, 0.4) is 0 Å². The van der Waals surface area contributed by atoms with Crippen molar-refractivity contribution in [3.8, 4) is 0 Å². The lowest BCUT2D eigenvalue weighted by Gasteiger charge is -2.32. The van der Waals surface area contributed by atoms with Crippen LogP contribution in [0.5, 0.6) is 0 Å². The van der Waals surface area contributed by atoms with Gasteiger partial charge in [0.15, 0.2) is 0 Å². The van der Waals surface area contributed by atoms with Crippen LogP contribution in [0.15, 0.2) is 0 Å². The van der Waals surface area contributed by atoms with Gasteiger partial charge < -0.3 is 20.8 Å². The van der Waals surface area contributed by atoms with Crippen LogP contribution in [-0.4, -0.2) is 47.0 Å². The fourth-order valence-electron chi connectivity index (χ4n) is 1.63. The van der Waals surface area contributed by atoms with Gasteiger partial charge in [0.25, 0.3) is 0 Å². The maximum Gasteiger partial charge on any atom is 0.240 e. The normalized spacial score (nSPS) is 26.7. The lowest BCUT2D eigenvalue weighted by molar-refractivity contribution is -0.129. The monoisotopic (exact) mass is 216 g/mol. The Bertz CT molecular complexity index is 233. The molecule has 0 aliphatic carbocycles. The highest BCUT2D eigenvalue weighted by Crippen LogP contribution is 2.19. The van der Waals surface area contributed by atoms with Crippen LogP contribution in [-0.2, 0) is 4.79 Å². The van der Waals surface area contributed by atoms with E-state index in [9.17, 15) is 4.79 Å². The Kier molecular flexibility index (Phi) is 3.70. The van der Waals surface area contributed by atoms with Crippen LogP contribution in [0.1, 0.15) is 26.7 Å². The second-order valence-electron chi connectivity index (χ2n) is 4.69. The van der Waals surface area contributed by atoms with Crippen molar-refractivity contribution in [2.24, 2.45) is 0 Å². The molecule has 1 fully saturated rings. The van der Waals surface area contributed by atoms with E-state index in [-0.39, 0.29) is 19.1 Å². The number of aliphatic hydroxyl groups is 2. The second-order valence-corrected chi connectivity index (χ2v) is 4.69. The Morgan fingerprint density at radius 3 is 2.53 bits per heavy atom. The molecule has 0 radical (unpaired) electrons. The Labute approximate surface area is 89.9 Å². The number of carbonyl (C=O) groups excluding carboxylic acids is 1. The molecular weight excluding hydrogens is 196 g/mol. The van der Waals surface area contributed by atoms with Gasteiger partial charge in [-0.3, -0.25) is 4.79 Å². The molecule has 1 unspecified atom stereocenters. The summed E-state index contributed by atoms with van der Waals surface area (Å²) in [6.45, 7) is 3.74. The third-order valence-electron chi connectivity index (χ3n) is 2.98. The molecule has 88 valence electrons. The van der Waals surface area contributed by atoms with Gasteiger partial charge in [-0.15, -0.1) is 0 Å². The molecule has 0 aromatic rings. The van der Waals surface area contributed by atoms with Gasteiger partial charge in [0.05, 0.1) is 24.3 Å².